The van der Waals surface area contributed by atoms with Gasteiger partial charge in [-0.25, -0.2) is 9.97 Å². The summed E-state index contributed by atoms with van der Waals surface area (Å²) in [5.41, 5.74) is 1.98. The van der Waals surface area contributed by atoms with Crippen molar-refractivity contribution in [1.29, 1.82) is 0 Å². The van der Waals surface area contributed by atoms with Crippen LogP contribution in [-0.2, 0) is 13.5 Å². The molecule has 0 aliphatic rings. The molecule has 0 atom stereocenters. The molecule has 0 saturated carbocycles. The van der Waals surface area contributed by atoms with Gasteiger partial charge in [-0.3, -0.25) is 4.68 Å². The van der Waals surface area contributed by atoms with Gasteiger partial charge in [0.1, 0.15) is 0 Å². The SMILES string of the molecule is CCc1nn(C)cc1Nc1ncc(I)cn1. The lowest BCUT2D eigenvalue weighted by Crippen LogP contribution is -1.98. The molecule has 0 aromatic carbocycles. The normalized spacial score (nSPS) is 10.4. The topological polar surface area (TPSA) is 55.6 Å². The van der Waals surface area contributed by atoms with Crippen LogP contribution in [0.1, 0.15) is 12.6 Å². The van der Waals surface area contributed by atoms with E-state index in [1.54, 1.807) is 17.1 Å². The van der Waals surface area contributed by atoms with E-state index in [0.29, 0.717) is 5.95 Å². The van der Waals surface area contributed by atoms with Crippen molar-refractivity contribution in [1.82, 2.24) is 19.7 Å². The summed E-state index contributed by atoms with van der Waals surface area (Å²) in [6.45, 7) is 2.07. The Balaban J connectivity index is 2.22. The molecule has 0 spiro atoms. The second-order valence-electron chi connectivity index (χ2n) is 3.37. The highest BCUT2D eigenvalue weighted by molar-refractivity contribution is 14.1. The van der Waals surface area contributed by atoms with Gasteiger partial charge in [0.05, 0.1) is 11.4 Å². The summed E-state index contributed by atoms with van der Waals surface area (Å²) >= 11 is 2.18. The Hall–Kier alpha value is -1.18. The fourth-order valence-corrected chi connectivity index (χ4v) is 1.68. The first kappa shape index (κ1) is 11.3. The van der Waals surface area contributed by atoms with Crippen LogP contribution in [0.3, 0.4) is 0 Å². The summed E-state index contributed by atoms with van der Waals surface area (Å²) in [6, 6.07) is 0. The van der Waals surface area contributed by atoms with Crippen molar-refractivity contribution in [3.63, 3.8) is 0 Å². The Bertz CT molecular complexity index is 476. The summed E-state index contributed by atoms with van der Waals surface area (Å²) in [5.74, 6) is 0.600. The van der Waals surface area contributed by atoms with Crippen molar-refractivity contribution >= 4 is 34.2 Å². The van der Waals surface area contributed by atoms with Gasteiger partial charge in [-0.1, -0.05) is 6.92 Å². The smallest absolute Gasteiger partial charge is 0.227 e. The average molecular weight is 329 g/mol. The molecule has 5 nitrogen and oxygen atoms in total. The molecule has 2 heterocycles. The molecule has 16 heavy (non-hydrogen) atoms. The zero-order valence-electron chi connectivity index (χ0n) is 9.11. The van der Waals surface area contributed by atoms with Crippen molar-refractivity contribution in [2.75, 3.05) is 5.32 Å². The lowest BCUT2D eigenvalue weighted by Gasteiger charge is -2.02. The molecule has 0 saturated heterocycles. The molecule has 0 bridgehead atoms. The highest BCUT2D eigenvalue weighted by Crippen LogP contribution is 2.17. The predicted octanol–water partition coefficient (Wildman–Crippen LogP) is 2.12. The Kier molecular flexibility index (Phi) is 3.37. The summed E-state index contributed by atoms with van der Waals surface area (Å²) in [5, 5.41) is 7.50. The molecule has 0 amide bonds. The molecule has 0 aliphatic heterocycles. The molecule has 2 aromatic heterocycles. The summed E-state index contributed by atoms with van der Waals surface area (Å²) in [7, 11) is 1.90. The van der Waals surface area contributed by atoms with E-state index in [9.17, 15) is 0 Å². The van der Waals surface area contributed by atoms with E-state index in [4.69, 9.17) is 0 Å². The maximum atomic E-state index is 4.34. The van der Waals surface area contributed by atoms with Crippen LogP contribution in [0.15, 0.2) is 18.6 Å². The first-order valence-corrected chi connectivity index (χ1v) is 6.04. The van der Waals surface area contributed by atoms with Crippen molar-refractivity contribution in [3.8, 4) is 0 Å². The van der Waals surface area contributed by atoms with Crippen LogP contribution in [0.25, 0.3) is 0 Å². The van der Waals surface area contributed by atoms with E-state index in [1.807, 2.05) is 13.2 Å². The fraction of sp³-hybridized carbons (Fsp3) is 0.300. The van der Waals surface area contributed by atoms with Gasteiger partial charge in [0.2, 0.25) is 5.95 Å². The fourth-order valence-electron chi connectivity index (χ4n) is 1.40. The molecule has 0 aliphatic carbocycles. The number of halogens is 1. The van der Waals surface area contributed by atoms with Crippen LogP contribution in [-0.4, -0.2) is 19.7 Å². The summed E-state index contributed by atoms with van der Waals surface area (Å²) in [4.78, 5) is 8.38. The van der Waals surface area contributed by atoms with Gasteiger partial charge in [-0.15, -0.1) is 0 Å². The number of nitrogens with zero attached hydrogens (tertiary/aromatic N) is 4. The number of rotatable bonds is 3. The largest absolute Gasteiger partial charge is 0.321 e. The van der Waals surface area contributed by atoms with E-state index < -0.39 is 0 Å². The Morgan fingerprint density at radius 3 is 2.69 bits per heavy atom. The van der Waals surface area contributed by atoms with Gasteiger partial charge in [0.25, 0.3) is 0 Å². The number of aryl methyl sites for hydroxylation is 2. The third-order valence-corrected chi connectivity index (χ3v) is 2.66. The molecule has 0 radical (unpaired) electrons. The molecule has 2 rings (SSSR count). The third kappa shape index (κ3) is 2.49. The van der Waals surface area contributed by atoms with Crippen molar-refractivity contribution in [2.45, 2.75) is 13.3 Å². The lowest BCUT2D eigenvalue weighted by molar-refractivity contribution is 0.746. The highest BCUT2D eigenvalue weighted by Gasteiger charge is 2.06. The predicted molar refractivity (Wildman–Crippen MR) is 70.6 cm³/mol. The lowest BCUT2D eigenvalue weighted by atomic mass is 10.3. The molecule has 84 valence electrons. The molecule has 0 unspecified atom stereocenters. The second-order valence-corrected chi connectivity index (χ2v) is 4.61. The van der Waals surface area contributed by atoms with Crippen LogP contribution in [0.4, 0.5) is 11.6 Å². The number of hydrogen-bond donors (Lipinski definition) is 1. The zero-order chi connectivity index (χ0) is 11.5. The van der Waals surface area contributed by atoms with Crippen LogP contribution in [0, 0.1) is 3.57 Å². The molecular formula is C10H12IN5. The molecule has 6 heteroatoms. The minimum atomic E-state index is 0.600. The monoisotopic (exact) mass is 329 g/mol. The number of anilines is 2. The average Bonchev–Trinajstić information content (AvgIpc) is 2.62. The third-order valence-electron chi connectivity index (χ3n) is 2.11. The zero-order valence-corrected chi connectivity index (χ0v) is 11.3. The van der Waals surface area contributed by atoms with Crippen LogP contribution < -0.4 is 5.32 Å². The van der Waals surface area contributed by atoms with Gasteiger partial charge >= 0.3 is 0 Å². The second kappa shape index (κ2) is 4.77. The minimum Gasteiger partial charge on any atom is -0.321 e. The van der Waals surface area contributed by atoms with Gasteiger partial charge in [0.15, 0.2) is 0 Å². The van der Waals surface area contributed by atoms with Gasteiger partial charge < -0.3 is 5.32 Å². The van der Waals surface area contributed by atoms with Gasteiger partial charge in [-0.05, 0) is 29.0 Å². The van der Waals surface area contributed by atoms with E-state index in [2.05, 4.69) is 49.9 Å². The van der Waals surface area contributed by atoms with Gasteiger partial charge in [-0.2, -0.15) is 5.10 Å². The first-order valence-electron chi connectivity index (χ1n) is 4.96. The number of aromatic nitrogens is 4. The Labute approximate surface area is 107 Å². The molecular weight excluding hydrogens is 317 g/mol. The Morgan fingerprint density at radius 2 is 2.06 bits per heavy atom. The van der Waals surface area contributed by atoms with E-state index >= 15 is 0 Å². The van der Waals surface area contributed by atoms with Crippen LogP contribution >= 0.6 is 22.6 Å². The number of nitrogens with one attached hydrogen (secondary N) is 1. The standard InChI is InChI=1S/C10H12IN5/c1-3-8-9(6-16(2)15-8)14-10-12-4-7(11)5-13-10/h4-6H,3H2,1-2H3,(H,12,13,14). The maximum absolute atomic E-state index is 4.34. The Morgan fingerprint density at radius 1 is 1.38 bits per heavy atom. The van der Waals surface area contributed by atoms with E-state index in [-0.39, 0.29) is 0 Å². The highest BCUT2D eigenvalue weighted by atomic mass is 127. The van der Waals surface area contributed by atoms with Crippen molar-refractivity contribution < 1.29 is 0 Å². The summed E-state index contributed by atoms with van der Waals surface area (Å²) in [6.07, 6.45) is 6.36. The molecule has 1 N–H and O–H groups in total. The van der Waals surface area contributed by atoms with Crippen LogP contribution in [0.2, 0.25) is 0 Å². The van der Waals surface area contributed by atoms with E-state index in [1.165, 1.54) is 0 Å². The number of hydrogen-bond acceptors (Lipinski definition) is 4. The molecule has 0 fully saturated rings. The molecule has 2 aromatic rings. The van der Waals surface area contributed by atoms with Crippen LogP contribution in [0.5, 0.6) is 0 Å². The minimum absolute atomic E-state index is 0.600. The van der Waals surface area contributed by atoms with Crippen molar-refractivity contribution in [2.24, 2.45) is 7.05 Å². The summed E-state index contributed by atoms with van der Waals surface area (Å²) < 4.78 is 2.80. The van der Waals surface area contributed by atoms with E-state index in [0.717, 1.165) is 21.4 Å². The quantitative estimate of drug-likeness (QED) is 0.877. The first-order chi connectivity index (χ1) is 7.69. The van der Waals surface area contributed by atoms with Crippen molar-refractivity contribution in [3.05, 3.63) is 27.9 Å². The maximum Gasteiger partial charge on any atom is 0.227 e. The van der Waals surface area contributed by atoms with Gasteiger partial charge in [0, 0.05) is 29.2 Å².